The molecule has 0 aromatic rings. The number of amides is 1. The highest BCUT2D eigenvalue weighted by atomic mass is 127. The fourth-order valence-electron chi connectivity index (χ4n) is 2.92. The molecule has 1 aliphatic heterocycles. The van der Waals surface area contributed by atoms with Gasteiger partial charge < -0.3 is 29.7 Å². The second-order valence-corrected chi connectivity index (χ2v) is 9.33. The van der Waals surface area contributed by atoms with Gasteiger partial charge in [0.25, 0.3) is 0 Å². The van der Waals surface area contributed by atoms with E-state index in [4.69, 9.17) is 14.2 Å². The summed E-state index contributed by atoms with van der Waals surface area (Å²) >= 11 is 0. The molecule has 1 aliphatic rings. The van der Waals surface area contributed by atoms with Crippen LogP contribution in [0, 0.1) is 0 Å². The van der Waals surface area contributed by atoms with Crippen molar-refractivity contribution >= 4 is 42.0 Å². The van der Waals surface area contributed by atoms with Crippen LogP contribution in [0.15, 0.2) is 4.99 Å². The predicted octanol–water partition coefficient (Wildman–Crippen LogP) is 2.92. The molecule has 0 unspecified atom stereocenters. The molecule has 0 atom stereocenters. The summed E-state index contributed by atoms with van der Waals surface area (Å²) in [6.07, 6.45) is 2.28. The van der Waals surface area contributed by atoms with Gasteiger partial charge in [0, 0.05) is 33.3 Å². The van der Waals surface area contributed by atoms with Gasteiger partial charge in [-0.05, 0) is 60.8 Å². The van der Waals surface area contributed by atoms with E-state index < -0.39 is 17.3 Å². The van der Waals surface area contributed by atoms with Gasteiger partial charge in [-0.25, -0.2) is 4.79 Å². The number of nitrogens with one attached hydrogen (secondary N) is 2. The third-order valence-electron chi connectivity index (χ3n) is 4.11. The van der Waals surface area contributed by atoms with Gasteiger partial charge in [0.1, 0.15) is 17.7 Å². The lowest BCUT2D eigenvalue weighted by Gasteiger charge is -2.34. The van der Waals surface area contributed by atoms with Crippen molar-refractivity contribution in [1.82, 2.24) is 15.5 Å². The van der Waals surface area contributed by atoms with Crippen LogP contribution in [-0.2, 0) is 19.0 Å². The molecule has 1 amide bonds. The Morgan fingerprint density at radius 2 is 1.58 bits per heavy atom. The van der Waals surface area contributed by atoms with Crippen molar-refractivity contribution in [3.63, 3.8) is 0 Å². The molecule has 1 saturated heterocycles. The molecule has 0 aromatic heterocycles. The van der Waals surface area contributed by atoms with Crippen LogP contribution in [0.4, 0.5) is 4.79 Å². The minimum atomic E-state index is -0.500. The van der Waals surface area contributed by atoms with Crippen molar-refractivity contribution in [3.8, 4) is 0 Å². The van der Waals surface area contributed by atoms with Gasteiger partial charge in [-0.15, -0.1) is 24.0 Å². The van der Waals surface area contributed by atoms with E-state index in [1.54, 1.807) is 7.05 Å². The minimum Gasteiger partial charge on any atom is -0.459 e. The summed E-state index contributed by atoms with van der Waals surface area (Å²) in [5.41, 5.74) is -0.989. The number of carbonyl (C=O) groups excluding carboxylic acids is 2. The largest absolute Gasteiger partial charge is 0.459 e. The Kier molecular flexibility index (Phi) is 13.4. The molecule has 1 fully saturated rings. The molecule has 0 saturated carbocycles. The summed E-state index contributed by atoms with van der Waals surface area (Å²) in [5, 5.41) is 5.80. The first-order chi connectivity index (χ1) is 13.9. The highest BCUT2D eigenvalue weighted by Crippen LogP contribution is 2.14. The number of guanidine groups is 1. The average molecular weight is 556 g/mol. The molecular weight excluding hydrogens is 515 g/mol. The number of halogens is 1. The summed E-state index contributed by atoms with van der Waals surface area (Å²) in [6, 6.07) is 0. The van der Waals surface area contributed by atoms with Crippen LogP contribution in [0.3, 0.4) is 0 Å². The molecule has 2 N–H and O–H groups in total. The fraction of sp³-hybridized carbons (Fsp3) is 0.857. The van der Waals surface area contributed by atoms with Crippen molar-refractivity contribution < 1.29 is 23.8 Å². The maximum absolute atomic E-state index is 11.9. The van der Waals surface area contributed by atoms with Crippen LogP contribution < -0.4 is 10.6 Å². The molecule has 1 rings (SSSR count). The summed E-state index contributed by atoms with van der Waals surface area (Å²) in [5.74, 6) is 0.391. The first-order valence-corrected chi connectivity index (χ1v) is 10.7. The summed E-state index contributed by atoms with van der Waals surface area (Å²) in [6.45, 7) is 13.8. The predicted molar refractivity (Wildman–Crippen MR) is 132 cm³/mol. The number of piperidine rings is 1. The number of aliphatic imine (C=N–C) groups is 1. The van der Waals surface area contributed by atoms with Crippen molar-refractivity contribution in [2.24, 2.45) is 4.99 Å². The minimum absolute atomic E-state index is 0. The first-order valence-electron chi connectivity index (χ1n) is 10.7. The van der Waals surface area contributed by atoms with Gasteiger partial charge >= 0.3 is 12.1 Å². The van der Waals surface area contributed by atoms with Crippen LogP contribution in [0.2, 0.25) is 0 Å². The molecule has 1 heterocycles. The van der Waals surface area contributed by atoms with E-state index in [1.165, 1.54) is 0 Å². The lowest BCUT2D eigenvalue weighted by atomic mass is 10.1. The normalized spacial score (nSPS) is 15.7. The van der Waals surface area contributed by atoms with Gasteiger partial charge in [-0.2, -0.15) is 0 Å². The molecule has 0 aliphatic carbocycles. The van der Waals surface area contributed by atoms with E-state index in [-0.39, 0.29) is 42.6 Å². The number of carbonyl (C=O) groups is 2. The Hall–Kier alpha value is -1.30. The number of likely N-dealkylation sites (tertiary alicyclic amines) is 1. The molecule has 0 bridgehead atoms. The highest BCUT2D eigenvalue weighted by molar-refractivity contribution is 14.0. The van der Waals surface area contributed by atoms with Crippen molar-refractivity contribution in [1.29, 1.82) is 0 Å². The second kappa shape index (κ2) is 14.0. The molecule has 0 radical (unpaired) electrons. The molecule has 0 aromatic carbocycles. The highest BCUT2D eigenvalue weighted by Gasteiger charge is 2.23. The summed E-state index contributed by atoms with van der Waals surface area (Å²) in [7, 11) is 1.71. The third-order valence-corrected chi connectivity index (χ3v) is 4.11. The number of ether oxygens (including phenoxy) is 3. The number of hydrogen-bond donors (Lipinski definition) is 2. The van der Waals surface area contributed by atoms with E-state index in [1.807, 2.05) is 41.5 Å². The zero-order chi connectivity index (χ0) is 22.8. The molecular formula is C21H41IN4O5. The van der Waals surface area contributed by atoms with Crippen LogP contribution in [-0.4, -0.2) is 80.1 Å². The van der Waals surface area contributed by atoms with Gasteiger partial charge in [0.2, 0.25) is 0 Å². The van der Waals surface area contributed by atoms with E-state index in [0.717, 1.165) is 32.4 Å². The van der Waals surface area contributed by atoms with Crippen molar-refractivity contribution in [2.75, 3.05) is 39.8 Å². The molecule has 9 nitrogen and oxygen atoms in total. The van der Waals surface area contributed by atoms with Gasteiger partial charge in [0.05, 0.1) is 6.10 Å². The molecule has 31 heavy (non-hydrogen) atoms. The van der Waals surface area contributed by atoms with Gasteiger partial charge in [0.15, 0.2) is 5.96 Å². The van der Waals surface area contributed by atoms with E-state index in [0.29, 0.717) is 19.1 Å². The third kappa shape index (κ3) is 14.4. The number of nitrogens with zero attached hydrogens (tertiary/aromatic N) is 2. The zero-order valence-electron chi connectivity index (χ0n) is 20.1. The zero-order valence-corrected chi connectivity index (χ0v) is 22.4. The molecule has 10 heteroatoms. The molecule has 0 spiro atoms. The van der Waals surface area contributed by atoms with Crippen molar-refractivity contribution in [2.45, 2.75) is 78.1 Å². The Labute approximate surface area is 204 Å². The number of hydrogen-bond acceptors (Lipinski definition) is 6. The fourth-order valence-corrected chi connectivity index (χ4v) is 2.92. The van der Waals surface area contributed by atoms with Crippen LogP contribution >= 0.6 is 24.0 Å². The van der Waals surface area contributed by atoms with Gasteiger partial charge in [-0.1, -0.05) is 0 Å². The van der Waals surface area contributed by atoms with E-state index in [9.17, 15) is 9.59 Å². The molecule has 182 valence electrons. The van der Waals surface area contributed by atoms with E-state index >= 15 is 0 Å². The first kappa shape index (κ1) is 29.7. The average Bonchev–Trinajstić information content (AvgIpc) is 2.60. The Bertz CT molecular complexity index is 579. The Balaban J connectivity index is 0.00000900. The topological polar surface area (TPSA) is 101 Å². The number of esters is 1. The monoisotopic (exact) mass is 556 g/mol. The van der Waals surface area contributed by atoms with Crippen LogP contribution in [0.1, 0.15) is 60.8 Å². The second-order valence-electron chi connectivity index (χ2n) is 9.33. The van der Waals surface area contributed by atoms with Gasteiger partial charge in [-0.3, -0.25) is 9.79 Å². The Morgan fingerprint density at radius 3 is 2.10 bits per heavy atom. The Morgan fingerprint density at radius 1 is 1.00 bits per heavy atom. The van der Waals surface area contributed by atoms with Crippen molar-refractivity contribution in [3.05, 3.63) is 0 Å². The lowest BCUT2D eigenvalue weighted by molar-refractivity contribution is -0.153. The SMILES string of the molecule is CN=C(NCC(=O)OC(C)(C)C)N1CCC(OCCCNC(=O)OC(C)(C)C)CC1.I. The number of alkyl carbamates (subject to hydrolysis) is 1. The van der Waals surface area contributed by atoms with E-state index in [2.05, 4.69) is 20.5 Å². The maximum atomic E-state index is 11.9. The standard InChI is InChI=1S/C21H40N4O5.HI/c1-20(2,3)29-17(26)15-24-18(22-7)25-12-9-16(10-13-25)28-14-8-11-23-19(27)30-21(4,5)6;/h16H,8-15H2,1-7H3,(H,22,24)(H,23,27);1H. The summed E-state index contributed by atoms with van der Waals surface area (Å²) < 4.78 is 16.4. The lowest BCUT2D eigenvalue weighted by Crippen LogP contribution is -2.48. The maximum Gasteiger partial charge on any atom is 0.407 e. The smallest absolute Gasteiger partial charge is 0.407 e. The number of rotatable bonds is 7. The van der Waals surface area contributed by atoms with Crippen LogP contribution in [0.25, 0.3) is 0 Å². The summed E-state index contributed by atoms with van der Waals surface area (Å²) in [4.78, 5) is 29.9. The van der Waals surface area contributed by atoms with Crippen LogP contribution in [0.5, 0.6) is 0 Å². The quantitative estimate of drug-likeness (QED) is 0.164.